The van der Waals surface area contributed by atoms with Crippen molar-refractivity contribution in [3.05, 3.63) is 68.0 Å². The summed E-state index contributed by atoms with van der Waals surface area (Å²) in [7, 11) is 0. The molecule has 5 nitrogen and oxygen atoms in total. The zero-order valence-electron chi connectivity index (χ0n) is 14.5. The smallest absolute Gasteiger partial charge is 0.225 e. The predicted octanol–water partition coefficient (Wildman–Crippen LogP) is 5.21. The van der Waals surface area contributed by atoms with Gasteiger partial charge in [-0.2, -0.15) is 5.10 Å². The maximum atomic E-state index is 12.2. The zero-order chi connectivity index (χ0) is 19.4. The van der Waals surface area contributed by atoms with Crippen LogP contribution in [0.5, 0.6) is 0 Å². The summed E-state index contributed by atoms with van der Waals surface area (Å²) in [6.07, 6.45) is 1.88. The van der Waals surface area contributed by atoms with Gasteiger partial charge >= 0.3 is 0 Å². The van der Waals surface area contributed by atoms with Gasteiger partial charge in [0, 0.05) is 33.8 Å². The number of nitrogens with zero attached hydrogens (tertiary/aromatic N) is 2. The van der Waals surface area contributed by atoms with Gasteiger partial charge in [0.25, 0.3) is 0 Å². The number of hydrogen-bond donors (Lipinski definition) is 1. The highest BCUT2D eigenvalue weighted by Gasteiger charge is 2.13. The third-order valence-electron chi connectivity index (χ3n) is 3.91. The highest BCUT2D eigenvalue weighted by atomic mass is 35.5. The van der Waals surface area contributed by atoms with Crippen LogP contribution in [0.25, 0.3) is 0 Å². The Hall–Kier alpha value is -2.15. The lowest BCUT2D eigenvalue weighted by Crippen LogP contribution is -2.17. The lowest BCUT2D eigenvalue weighted by molar-refractivity contribution is -0.116. The van der Waals surface area contributed by atoms with Crippen LogP contribution in [-0.4, -0.2) is 21.5 Å². The Bertz CT molecular complexity index is 981. The molecule has 2 heterocycles. The largest absolute Gasteiger partial charge is 0.311 e. The Morgan fingerprint density at radius 3 is 2.67 bits per heavy atom. The van der Waals surface area contributed by atoms with Crippen molar-refractivity contribution in [3.63, 3.8) is 0 Å². The van der Waals surface area contributed by atoms with Crippen molar-refractivity contribution < 1.29 is 9.59 Å². The number of benzene rings is 1. The average Bonchev–Trinajstić information content (AvgIpc) is 3.24. The molecule has 0 aliphatic heterocycles. The minimum Gasteiger partial charge on any atom is -0.311 e. The van der Waals surface area contributed by atoms with Crippen molar-refractivity contribution in [3.8, 4) is 0 Å². The number of hydrogen-bond acceptors (Lipinski definition) is 4. The number of ketones is 1. The van der Waals surface area contributed by atoms with Gasteiger partial charge in [0.2, 0.25) is 5.91 Å². The van der Waals surface area contributed by atoms with E-state index in [0.717, 1.165) is 10.4 Å². The molecule has 0 radical (unpaired) electrons. The van der Waals surface area contributed by atoms with Crippen LogP contribution in [0.15, 0.2) is 42.6 Å². The fourth-order valence-electron chi connectivity index (χ4n) is 2.52. The van der Waals surface area contributed by atoms with E-state index in [1.54, 1.807) is 35.1 Å². The van der Waals surface area contributed by atoms with E-state index in [1.165, 1.54) is 11.3 Å². The number of rotatable bonds is 7. The molecule has 0 spiro atoms. The molecule has 1 amide bonds. The van der Waals surface area contributed by atoms with Crippen molar-refractivity contribution in [2.24, 2.45) is 0 Å². The number of nitrogens with one attached hydrogen (secondary N) is 1. The first-order chi connectivity index (χ1) is 12.9. The Morgan fingerprint density at radius 1 is 1.15 bits per heavy atom. The maximum absolute atomic E-state index is 12.2. The Balaban J connectivity index is 1.59. The number of carbonyl (C=O) groups excluding carboxylic acids is 2. The first kappa shape index (κ1) is 19.6. The first-order valence-corrected chi connectivity index (χ1v) is 9.85. The molecule has 3 aromatic rings. The van der Waals surface area contributed by atoms with Gasteiger partial charge in [-0.25, -0.2) is 4.68 Å². The number of anilines is 1. The molecule has 27 heavy (non-hydrogen) atoms. The van der Waals surface area contributed by atoms with Crippen molar-refractivity contribution in [1.82, 2.24) is 9.78 Å². The molecule has 0 aliphatic rings. The van der Waals surface area contributed by atoms with E-state index in [1.807, 2.05) is 19.1 Å². The van der Waals surface area contributed by atoms with Crippen LogP contribution in [0.4, 0.5) is 5.82 Å². The lowest BCUT2D eigenvalue weighted by atomic mass is 10.2. The summed E-state index contributed by atoms with van der Waals surface area (Å²) >= 11 is 13.6. The van der Waals surface area contributed by atoms with Crippen LogP contribution in [0.2, 0.25) is 10.0 Å². The van der Waals surface area contributed by atoms with Gasteiger partial charge in [0.15, 0.2) is 5.78 Å². The van der Waals surface area contributed by atoms with Gasteiger partial charge in [-0.15, -0.1) is 11.3 Å². The molecule has 0 aliphatic carbocycles. The van der Waals surface area contributed by atoms with Crippen LogP contribution in [0.1, 0.15) is 33.0 Å². The summed E-state index contributed by atoms with van der Waals surface area (Å²) in [6, 6.07) is 10.6. The molecule has 0 saturated carbocycles. The van der Waals surface area contributed by atoms with Gasteiger partial charge < -0.3 is 5.32 Å². The zero-order valence-corrected chi connectivity index (χ0v) is 16.9. The molecule has 0 bridgehead atoms. The molecular weight excluding hydrogens is 405 g/mol. The molecule has 140 valence electrons. The van der Waals surface area contributed by atoms with E-state index in [4.69, 9.17) is 23.2 Å². The summed E-state index contributed by atoms with van der Waals surface area (Å²) in [5, 5.41) is 8.11. The Kier molecular flexibility index (Phi) is 6.31. The number of Topliss-reactive ketones (excluding diaryl/α,β-unsaturated/α-hetero) is 1. The second-order valence-electron chi connectivity index (χ2n) is 5.99. The molecule has 1 N–H and O–H groups in total. The van der Waals surface area contributed by atoms with Crippen LogP contribution >= 0.6 is 34.5 Å². The number of aromatic nitrogens is 2. The summed E-state index contributed by atoms with van der Waals surface area (Å²) < 4.78 is 1.64. The maximum Gasteiger partial charge on any atom is 0.225 e. The monoisotopic (exact) mass is 421 g/mol. The molecule has 0 saturated heterocycles. The van der Waals surface area contributed by atoms with Gasteiger partial charge in [0.05, 0.1) is 17.6 Å². The quantitative estimate of drug-likeness (QED) is 0.532. The van der Waals surface area contributed by atoms with Gasteiger partial charge in [0.1, 0.15) is 5.82 Å². The van der Waals surface area contributed by atoms with E-state index in [9.17, 15) is 9.59 Å². The van der Waals surface area contributed by atoms with Gasteiger partial charge in [-0.05, 0) is 36.8 Å². The second-order valence-corrected chi connectivity index (χ2v) is 8.12. The molecule has 3 rings (SSSR count). The number of aryl methyl sites for hydroxylation is 1. The normalized spacial score (nSPS) is 10.8. The number of thiophene rings is 1. The summed E-state index contributed by atoms with van der Waals surface area (Å²) in [5.74, 6) is 0.288. The number of carbonyl (C=O) groups is 2. The molecule has 1 aromatic carbocycles. The average molecular weight is 422 g/mol. The predicted molar refractivity (Wildman–Crippen MR) is 109 cm³/mol. The lowest BCUT2D eigenvalue weighted by Gasteiger charge is -2.10. The minimum absolute atomic E-state index is 0.0234. The summed E-state index contributed by atoms with van der Waals surface area (Å²) in [6.45, 7) is 2.34. The minimum atomic E-state index is -0.236. The number of halogens is 2. The molecule has 0 unspecified atom stereocenters. The summed E-state index contributed by atoms with van der Waals surface area (Å²) in [5.41, 5.74) is 0.837. The third-order valence-corrected chi connectivity index (χ3v) is 5.54. The molecule has 0 atom stereocenters. The van der Waals surface area contributed by atoms with Crippen LogP contribution in [-0.2, 0) is 11.3 Å². The Labute approximate surface area is 170 Å². The van der Waals surface area contributed by atoms with Crippen LogP contribution in [0.3, 0.4) is 0 Å². The molecule has 2 aromatic heterocycles. The van der Waals surface area contributed by atoms with E-state index in [0.29, 0.717) is 27.3 Å². The van der Waals surface area contributed by atoms with Crippen molar-refractivity contribution in [2.75, 3.05) is 5.32 Å². The standard InChI is InChI=1S/C19H17Cl2N3O2S/c1-12-2-6-17(27-12)16(25)5-7-19(26)23-18-8-9-22-24(18)11-13-3-4-14(20)10-15(13)21/h2-4,6,8-10H,5,7,11H2,1H3,(H,23,26). The summed E-state index contributed by atoms with van der Waals surface area (Å²) in [4.78, 5) is 26.1. The van der Waals surface area contributed by atoms with E-state index in [-0.39, 0.29) is 24.5 Å². The van der Waals surface area contributed by atoms with Gasteiger partial charge in [-0.3, -0.25) is 9.59 Å². The fourth-order valence-corrected chi connectivity index (χ4v) is 3.82. The molecule has 8 heteroatoms. The topological polar surface area (TPSA) is 64.0 Å². The second kappa shape index (κ2) is 8.69. The van der Waals surface area contributed by atoms with Crippen LogP contribution in [0, 0.1) is 6.92 Å². The Morgan fingerprint density at radius 2 is 1.96 bits per heavy atom. The van der Waals surface area contributed by atoms with Gasteiger partial charge in [-0.1, -0.05) is 29.3 Å². The highest BCUT2D eigenvalue weighted by molar-refractivity contribution is 7.14. The van der Waals surface area contributed by atoms with E-state index in [2.05, 4.69) is 10.4 Å². The van der Waals surface area contributed by atoms with Crippen molar-refractivity contribution in [1.29, 1.82) is 0 Å². The number of amides is 1. The third kappa shape index (κ3) is 5.19. The molecule has 0 fully saturated rings. The van der Waals surface area contributed by atoms with Crippen molar-refractivity contribution in [2.45, 2.75) is 26.3 Å². The van der Waals surface area contributed by atoms with Crippen molar-refractivity contribution >= 4 is 52.0 Å². The first-order valence-electron chi connectivity index (χ1n) is 8.27. The van der Waals surface area contributed by atoms with E-state index < -0.39 is 0 Å². The fraction of sp³-hybridized carbons (Fsp3) is 0.211. The van der Waals surface area contributed by atoms with E-state index >= 15 is 0 Å². The van der Waals surface area contributed by atoms with Crippen LogP contribution < -0.4 is 5.32 Å². The SMILES string of the molecule is Cc1ccc(C(=O)CCC(=O)Nc2ccnn2Cc2ccc(Cl)cc2Cl)s1. The highest BCUT2D eigenvalue weighted by Crippen LogP contribution is 2.23. The molecular formula is C19H17Cl2N3O2S.